The summed E-state index contributed by atoms with van der Waals surface area (Å²) in [5, 5.41) is 3.54. The number of nitrogens with two attached hydrogens (primary N) is 1. The lowest BCUT2D eigenvalue weighted by atomic mass is 9.87. The van der Waals surface area contributed by atoms with Gasteiger partial charge < -0.3 is 11.1 Å². The Kier molecular flexibility index (Phi) is 3.14. The molecule has 2 nitrogen and oxygen atoms in total. The number of hydrogen-bond acceptors (Lipinski definition) is 2. The molecule has 76 valence electrons. The van der Waals surface area contributed by atoms with Gasteiger partial charge in [0.1, 0.15) is 0 Å². The van der Waals surface area contributed by atoms with Crippen molar-refractivity contribution in [1.29, 1.82) is 0 Å². The summed E-state index contributed by atoms with van der Waals surface area (Å²) in [6, 6.07) is 0.521. The first-order chi connectivity index (χ1) is 5.97. The van der Waals surface area contributed by atoms with Crippen LogP contribution in [0.3, 0.4) is 0 Å². The Balaban J connectivity index is 2.86. The van der Waals surface area contributed by atoms with E-state index >= 15 is 0 Å². The minimum Gasteiger partial charge on any atom is -0.322 e. The van der Waals surface area contributed by atoms with Crippen molar-refractivity contribution in [3.05, 3.63) is 11.6 Å². The Hall–Kier alpha value is -0.340. The Morgan fingerprint density at radius 2 is 2.31 bits per heavy atom. The first-order valence-electron chi connectivity index (χ1n) is 5.19. The predicted octanol–water partition coefficient (Wildman–Crippen LogP) is 1.67. The van der Waals surface area contributed by atoms with Crippen molar-refractivity contribution in [2.24, 2.45) is 11.7 Å². The van der Waals surface area contributed by atoms with E-state index in [9.17, 15) is 0 Å². The van der Waals surface area contributed by atoms with E-state index in [1.165, 1.54) is 5.57 Å². The number of hydrogen-bond donors (Lipinski definition) is 2. The van der Waals surface area contributed by atoms with Crippen molar-refractivity contribution in [2.45, 2.75) is 45.7 Å². The Labute approximate surface area is 81.6 Å². The van der Waals surface area contributed by atoms with Gasteiger partial charge in [0.2, 0.25) is 0 Å². The highest BCUT2D eigenvalue weighted by Gasteiger charge is 2.28. The summed E-state index contributed by atoms with van der Waals surface area (Å²) < 4.78 is 0. The Bertz CT molecular complexity index is 206. The van der Waals surface area contributed by atoms with Crippen LogP contribution in [-0.4, -0.2) is 18.1 Å². The summed E-state index contributed by atoms with van der Waals surface area (Å²) in [6.45, 7) is 9.71. The predicted molar refractivity (Wildman–Crippen MR) is 57.6 cm³/mol. The van der Waals surface area contributed by atoms with Crippen molar-refractivity contribution < 1.29 is 0 Å². The second-order valence-electron chi connectivity index (χ2n) is 4.52. The maximum atomic E-state index is 6.21. The van der Waals surface area contributed by atoms with Gasteiger partial charge in [-0.3, -0.25) is 0 Å². The summed E-state index contributed by atoms with van der Waals surface area (Å²) in [7, 11) is 0. The van der Waals surface area contributed by atoms with Crippen molar-refractivity contribution in [3.8, 4) is 0 Å². The van der Waals surface area contributed by atoms with Crippen LogP contribution in [0.1, 0.15) is 34.1 Å². The van der Waals surface area contributed by atoms with Gasteiger partial charge in [-0.1, -0.05) is 25.5 Å². The van der Waals surface area contributed by atoms with Crippen LogP contribution >= 0.6 is 0 Å². The fourth-order valence-electron chi connectivity index (χ4n) is 1.90. The van der Waals surface area contributed by atoms with E-state index in [1.807, 2.05) is 0 Å². The molecule has 0 amide bonds. The minimum atomic E-state index is -0.152. The molecule has 1 aliphatic heterocycles. The van der Waals surface area contributed by atoms with Crippen LogP contribution in [-0.2, 0) is 0 Å². The first kappa shape index (κ1) is 10.7. The van der Waals surface area contributed by atoms with Gasteiger partial charge in [0, 0.05) is 18.1 Å². The maximum absolute atomic E-state index is 6.21. The quantitative estimate of drug-likeness (QED) is 0.605. The van der Waals surface area contributed by atoms with Crippen LogP contribution in [0, 0.1) is 5.92 Å². The third-order valence-corrected chi connectivity index (χ3v) is 3.23. The lowest BCUT2D eigenvalue weighted by molar-refractivity contribution is 0.371. The monoisotopic (exact) mass is 182 g/mol. The largest absolute Gasteiger partial charge is 0.322 e. The SMILES string of the molecule is CCC1NCC(C)C(C)(N)C=C1C. The van der Waals surface area contributed by atoms with Crippen LogP contribution in [0.15, 0.2) is 11.6 Å². The molecule has 2 heteroatoms. The van der Waals surface area contributed by atoms with Gasteiger partial charge in [-0.15, -0.1) is 0 Å². The van der Waals surface area contributed by atoms with Gasteiger partial charge in [-0.2, -0.15) is 0 Å². The van der Waals surface area contributed by atoms with Crippen LogP contribution in [0.4, 0.5) is 0 Å². The molecule has 0 saturated carbocycles. The average molecular weight is 182 g/mol. The Morgan fingerprint density at radius 3 is 2.85 bits per heavy atom. The molecule has 0 spiro atoms. The lowest BCUT2D eigenvalue weighted by Gasteiger charge is -2.26. The standard InChI is InChI=1S/C11H22N2/c1-5-10-8(2)6-11(4,12)9(3)7-13-10/h6,9-10,13H,5,7,12H2,1-4H3. The molecule has 1 aliphatic rings. The van der Waals surface area contributed by atoms with Crippen molar-refractivity contribution in [3.63, 3.8) is 0 Å². The normalized spacial score (nSPS) is 41.2. The number of nitrogens with one attached hydrogen (secondary N) is 1. The molecule has 3 unspecified atom stereocenters. The van der Waals surface area contributed by atoms with Crippen molar-refractivity contribution >= 4 is 0 Å². The molecule has 3 atom stereocenters. The van der Waals surface area contributed by atoms with Crippen LogP contribution in [0.5, 0.6) is 0 Å². The fourth-order valence-corrected chi connectivity index (χ4v) is 1.90. The molecular formula is C11H22N2. The molecule has 0 fully saturated rings. The zero-order chi connectivity index (χ0) is 10.1. The smallest absolute Gasteiger partial charge is 0.0351 e. The van der Waals surface area contributed by atoms with Crippen LogP contribution < -0.4 is 11.1 Å². The molecule has 1 rings (SSSR count). The van der Waals surface area contributed by atoms with Gasteiger partial charge >= 0.3 is 0 Å². The second kappa shape index (κ2) is 3.81. The van der Waals surface area contributed by atoms with Gasteiger partial charge in [-0.05, 0) is 26.2 Å². The van der Waals surface area contributed by atoms with E-state index in [0.29, 0.717) is 12.0 Å². The van der Waals surface area contributed by atoms with Crippen molar-refractivity contribution in [1.82, 2.24) is 5.32 Å². The third kappa shape index (κ3) is 2.32. The summed E-state index contributed by atoms with van der Waals surface area (Å²) in [4.78, 5) is 0. The summed E-state index contributed by atoms with van der Waals surface area (Å²) >= 11 is 0. The second-order valence-corrected chi connectivity index (χ2v) is 4.52. The Morgan fingerprint density at radius 1 is 1.69 bits per heavy atom. The van der Waals surface area contributed by atoms with Crippen molar-refractivity contribution in [2.75, 3.05) is 6.54 Å². The molecule has 0 bridgehead atoms. The van der Waals surface area contributed by atoms with Gasteiger partial charge in [-0.25, -0.2) is 0 Å². The highest BCUT2D eigenvalue weighted by atomic mass is 14.9. The molecule has 0 saturated heterocycles. The van der Waals surface area contributed by atoms with Gasteiger partial charge in [0.25, 0.3) is 0 Å². The van der Waals surface area contributed by atoms with Crippen LogP contribution in [0.25, 0.3) is 0 Å². The molecule has 0 aromatic rings. The van der Waals surface area contributed by atoms with Crippen LogP contribution in [0.2, 0.25) is 0 Å². The number of rotatable bonds is 1. The van der Waals surface area contributed by atoms with E-state index in [0.717, 1.165) is 13.0 Å². The molecule has 0 aromatic heterocycles. The first-order valence-corrected chi connectivity index (χ1v) is 5.19. The summed E-state index contributed by atoms with van der Waals surface area (Å²) in [5.74, 6) is 0.499. The molecular weight excluding hydrogens is 160 g/mol. The average Bonchev–Trinajstić information content (AvgIpc) is 2.11. The zero-order valence-electron chi connectivity index (χ0n) is 9.22. The zero-order valence-corrected chi connectivity index (χ0v) is 9.22. The van der Waals surface area contributed by atoms with E-state index in [-0.39, 0.29) is 5.54 Å². The van der Waals surface area contributed by atoms with E-state index in [1.54, 1.807) is 0 Å². The molecule has 0 aliphatic carbocycles. The maximum Gasteiger partial charge on any atom is 0.0351 e. The van der Waals surface area contributed by atoms with Gasteiger partial charge in [0.15, 0.2) is 0 Å². The summed E-state index contributed by atoms with van der Waals surface area (Å²) in [5.41, 5.74) is 7.45. The third-order valence-electron chi connectivity index (χ3n) is 3.23. The van der Waals surface area contributed by atoms with E-state index in [2.05, 4.69) is 39.1 Å². The molecule has 13 heavy (non-hydrogen) atoms. The summed E-state index contributed by atoms with van der Waals surface area (Å²) in [6.07, 6.45) is 3.37. The fraction of sp³-hybridized carbons (Fsp3) is 0.818. The highest BCUT2D eigenvalue weighted by Crippen LogP contribution is 2.22. The van der Waals surface area contributed by atoms with Gasteiger partial charge in [0.05, 0.1) is 0 Å². The molecule has 0 radical (unpaired) electrons. The van der Waals surface area contributed by atoms with E-state index < -0.39 is 0 Å². The minimum absolute atomic E-state index is 0.152. The highest BCUT2D eigenvalue weighted by molar-refractivity contribution is 5.19. The topological polar surface area (TPSA) is 38.0 Å². The lowest BCUT2D eigenvalue weighted by Crippen LogP contribution is -2.44. The molecule has 0 aromatic carbocycles. The molecule has 3 N–H and O–H groups in total. The van der Waals surface area contributed by atoms with E-state index in [4.69, 9.17) is 5.73 Å². The molecule has 1 heterocycles.